The maximum atomic E-state index is 13.3. The van der Waals surface area contributed by atoms with E-state index in [9.17, 15) is 9.18 Å². The predicted molar refractivity (Wildman–Crippen MR) is 62.6 cm³/mol. The molecular weight excluding hydrogens is 283 g/mol. The normalized spacial score (nSPS) is 10.3. The van der Waals surface area contributed by atoms with Crippen molar-refractivity contribution >= 4 is 29.1 Å². The summed E-state index contributed by atoms with van der Waals surface area (Å²) in [6.07, 6.45) is 0. The molecule has 0 aliphatic rings. The molecular formula is C10H6ClFN2O3S. The van der Waals surface area contributed by atoms with Gasteiger partial charge in [0.2, 0.25) is 0 Å². The zero-order valence-electron chi connectivity index (χ0n) is 8.76. The molecule has 0 radical (unpaired) electrons. The molecule has 1 N–H and O–H groups in total. The number of aromatic nitrogens is 2. The first-order chi connectivity index (χ1) is 8.59. The van der Waals surface area contributed by atoms with Crippen molar-refractivity contribution in [3.63, 3.8) is 0 Å². The summed E-state index contributed by atoms with van der Waals surface area (Å²) in [4.78, 5) is 10.9. The van der Waals surface area contributed by atoms with Crippen LogP contribution in [0.5, 0.6) is 5.75 Å². The lowest BCUT2D eigenvalue weighted by Gasteiger charge is -2.08. The molecule has 18 heavy (non-hydrogen) atoms. The van der Waals surface area contributed by atoms with Gasteiger partial charge in [0, 0.05) is 11.5 Å². The molecule has 0 amide bonds. The van der Waals surface area contributed by atoms with Gasteiger partial charge in [0.15, 0.2) is 0 Å². The van der Waals surface area contributed by atoms with Crippen LogP contribution in [-0.4, -0.2) is 20.7 Å². The van der Waals surface area contributed by atoms with Crippen molar-refractivity contribution in [2.45, 2.75) is 6.61 Å². The van der Waals surface area contributed by atoms with Crippen LogP contribution >= 0.6 is 23.1 Å². The number of halogens is 2. The van der Waals surface area contributed by atoms with Gasteiger partial charge >= 0.3 is 5.97 Å². The van der Waals surface area contributed by atoms with E-state index in [2.05, 4.69) is 9.59 Å². The van der Waals surface area contributed by atoms with Gasteiger partial charge in [0.1, 0.15) is 33.8 Å². The Morgan fingerprint density at radius 3 is 2.94 bits per heavy atom. The number of carbonyl (C=O) groups is 1. The first-order valence-electron chi connectivity index (χ1n) is 4.71. The molecule has 0 atom stereocenters. The van der Waals surface area contributed by atoms with E-state index in [0.717, 1.165) is 17.6 Å². The number of nitrogens with zero attached hydrogens (tertiary/aromatic N) is 2. The van der Waals surface area contributed by atoms with Crippen LogP contribution in [0.4, 0.5) is 4.39 Å². The third-order valence-electron chi connectivity index (χ3n) is 2.06. The highest BCUT2D eigenvalue weighted by Crippen LogP contribution is 2.24. The second-order valence-corrected chi connectivity index (χ2v) is 4.56. The van der Waals surface area contributed by atoms with Gasteiger partial charge in [-0.05, 0) is 12.1 Å². The van der Waals surface area contributed by atoms with Crippen LogP contribution in [0.1, 0.15) is 16.1 Å². The molecule has 1 heterocycles. The summed E-state index contributed by atoms with van der Waals surface area (Å²) < 4.78 is 22.5. The average molecular weight is 289 g/mol. The average Bonchev–Trinajstić information content (AvgIpc) is 2.71. The van der Waals surface area contributed by atoms with E-state index in [-0.39, 0.29) is 12.4 Å². The van der Waals surface area contributed by atoms with Crippen LogP contribution in [0.25, 0.3) is 0 Å². The Morgan fingerprint density at radius 2 is 2.33 bits per heavy atom. The molecule has 5 nitrogen and oxygen atoms in total. The molecule has 0 unspecified atom stereocenters. The third kappa shape index (κ3) is 2.57. The van der Waals surface area contributed by atoms with E-state index in [4.69, 9.17) is 21.4 Å². The van der Waals surface area contributed by atoms with Gasteiger partial charge in [-0.15, -0.1) is 5.10 Å². The van der Waals surface area contributed by atoms with E-state index in [1.807, 2.05) is 0 Å². The van der Waals surface area contributed by atoms with Gasteiger partial charge in [0.25, 0.3) is 0 Å². The molecule has 2 rings (SSSR count). The maximum absolute atomic E-state index is 13.3. The highest BCUT2D eigenvalue weighted by atomic mass is 35.5. The minimum Gasteiger partial charge on any atom is -0.486 e. The van der Waals surface area contributed by atoms with Gasteiger partial charge < -0.3 is 9.84 Å². The molecule has 0 spiro atoms. The number of aromatic carboxylic acids is 1. The molecule has 0 fully saturated rings. The first kappa shape index (κ1) is 12.7. The summed E-state index contributed by atoms with van der Waals surface area (Å²) in [5.74, 6) is -2.33. The fourth-order valence-electron chi connectivity index (χ4n) is 1.26. The van der Waals surface area contributed by atoms with Crippen molar-refractivity contribution in [2.24, 2.45) is 0 Å². The van der Waals surface area contributed by atoms with Crippen LogP contribution in [-0.2, 0) is 6.61 Å². The number of carboxylic acid groups (broad SMARTS) is 1. The Kier molecular flexibility index (Phi) is 3.73. The fraction of sp³-hybridized carbons (Fsp3) is 0.100. The number of ether oxygens (including phenoxy) is 1. The molecule has 2 aromatic rings. The van der Waals surface area contributed by atoms with Crippen molar-refractivity contribution < 1.29 is 19.0 Å². The molecule has 0 aliphatic carbocycles. The lowest BCUT2D eigenvalue weighted by atomic mass is 10.2. The largest absolute Gasteiger partial charge is 0.486 e. The van der Waals surface area contributed by atoms with Gasteiger partial charge in [-0.1, -0.05) is 22.2 Å². The van der Waals surface area contributed by atoms with Crippen LogP contribution in [0, 0.1) is 5.82 Å². The first-order valence-corrected chi connectivity index (χ1v) is 5.86. The smallest absolute Gasteiger partial charge is 0.342 e. The van der Waals surface area contributed by atoms with E-state index in [1.165, 1.54) is 12.1 Å². The van der Waals surface area contributed by atoms with Crippen molar-refractivity contribution in [3.8, 4) is 5.75 Å². The lowest BCUT2D eigenvalue weighted by molar-refractivity contribution is 0.0686. The number of hydrogen-bond acceptors (Lipinski definition) is 5. The molecule has 1 aromatic carbocycles. The van der Waals surface area contributed by atoms with Crippen LogP contribution < -0.4 is 4.74 Å². The molecule has 0 saturated carbocycles. The summed E-state index contributed by atoms with van der Waals surface area (Å²) in [5, 5.41) is 12.6. The Bertz CT molecular complexity index is 590. The molecule has 0 aliphatic heterocycles. The Morgan fingerprint density at radius 1 is 1.56 bits per heavy atom. The predicted octanol–water partition coefficient (Wildman–Crippen LogP) is 2.61. The van der Waals surface area contributed by atoms with E-state index >= 15 is 0 Å². The summed E-state index contributed by atoms with van der Waals surface area (Å²) >= 11 is 6.75. The third-order valence-corrected chi connectivity index (χ3v) is 3.05. The quantitative estimate of drug-likeness (QED) is 0.936. The Labute approximate surface area is 110 Å². The second-order valence-electron chi connectivity index (χ2n) is 3.20. The number of benzene rings is 1. The summed E-state index contributed by atoms with van der Waals surface area (Å²) in [6, 6.07) is 3.77. The van der Waals surface area contributed by atoms with Gasteiger partial charge in [0.05, 0.1) is 0 Å². The summed E-state index contributed by atoms with van der Waals surface area (Å²) in [5.41, 5.74) is -0.140. The highest BCUT2D eigenvalue weighted by molar-refractivity contribution is 7.10. The zero-order valence-corrected chi connectivity index (χ0v) is 10.3. The van der Waals surface area contributed by atoms with Crippen LogP contribution in [0.2, 0.25) is 4.34 Å². The van der Waals surface area contributed by atoms with E-state index in [0.29, 0.717) is 10.0 Å². The lowest BCUT2D eigenvalue weighted by Crippen LogP contribution is -2.06. The Balaban J connectivity index is 2.22. The zero-order chi connectivity index (χ0) is 13.1. The molecule has 94 valence electrons. The van der Waals surface area contributed by atoms with Gasteiger partial charge in [-0.2, -0.15) is 0 Å². The SMILES string of the molecule is O=C(O)c1c(F)cccc1OCc1nnsc1Cl. The number of rotatable bonds is 4. The fourth-order valence-corrected chi connectivity index (χ4v) is 1.86. The topological polar surface area (TPSA) is 72.3 Å². The monoisotopic (exact) mass is 288 g/mol. The van der Waals surface area contributed by atoms with Crippen molar-refractivity contribution in [3.05, 3.63) is 39.6 Å². The standard InChI is InChI=1S/C10H6ClFN2O3S/c11-9-6(13-14-18-9)4-17-7-3-1-2-5(12)8(7)10(15)16/h1-3H,4H2,(H,15,16). The van der Waals surface area contributed by atoms with Crippen molar-refractivity contribution in [1.29, 1.82) is 0 Å². The summed E-state index contributed by atoms with van der Waals surface area (Å²) in [6.45, 7) is -0.0704. The van der Waals surface area contributed by atoms with E-state index < -0.39 is 17.3 Å². The molecule has 8 heteroatoms. The number of carboxylic acids is 1. The second kappa shape index (κ2) is 5.28. The van der Waals surface area contributed by atoms with Crippen molar-refractivity contribution in [2.75, 3.05) is 0 Å². The van der Waals surface area contributed by atoms with Crippen LogP contribution in [0.3, 0.4) is 0 Å². The van der Waals surface area contributed by atoms with Crippen molar-refractivity contribution in [1.82, 2.24) is 9.59 Å². The van der Waals surface area contributed by atoms with Crippen LogP contribution in [0.15, 0.2) is 18.2 Å². The minimum atomic E-state index is -1.40. The molecule has 1 aromatic heterocycles. The van der Waals surface area contributed by atoms with Gasteiger partial charge in [-0.3, -0.25) is 0 Å². The number of hydrogen-bond donors (Lipinski definition) is 1. The Hall–Kier alpha value is -1.73. The van der Waals surface area contributed by atoms with E-state index in [1.54, 1.807) is 0 Å². The molecule has 0 saturated heterocycles. The maximum Gasteiger partial charge on any atom is 0.342 e. The highest BCUT2D eigenvalue weighted by Gasteiger charge is 2.17. The summed E-state index contributed by atoms with van der Waals surface area (Å²) in [7, 11) is 0. The minimum absolute atomic E-state index is 0.0704. The molecule has 0 bridgehead atoms. The van der Waals surface area contributed by atoms with Gasteiger partial charge in [-0.25, -0.2) is 9.18 Å².